The van der Waals surface area contributed by atoms with E-state index < -0.39 is 6.36 Å². The van der Waals surface area contributed by atoms with Crippen LogP contribution in [-0.4, -0.2) is 37.4 Å². The van der Waals surface area contributed by atoms with Crippen LogP contribution in [0, 0.1) is 0 Å². The Morgan fingerprint density at radius 2 is 1.47 bits per heavy atom. The Kier molecular flexibility index (Phi) is 10.5. The molecule has 1 saturated heterocycles. The van der Waals surface area contributed by atoms with Crippen molar-refractivity contribution in [2.45, 2.75) is 19.0 Å². The number of hydrogen-bond acceptors (Lipinski definition) is 4. The third-order valence-corrected chi connectivity index (χ3v) is 5.37. The molecule has 0 spiro atoms. The topological polar surface area (TPSA) is 33.7 Å². The second kappa shape index (κ2) is 12.9. The number of rotatable bonds is 7. The lowest BCUT2D eigenvalue weighted by Gasteiger charge is -2.35. The molecule has 1 aliphatic heterocycles. The van der Waals surface area contributed by atoms with Gasteiger partial charge in [-0.2, -0.15) is 0 Å². The number of nitrogens with zero attached hydrogens (tertiary/aromatic N) is 1. The maximum atomic E-state index is 12.5. The van der Waals surface area contributed by atoms with Crippen LogP contribution in [0.25, 0.3) is 0 Å². The van der Waals surface area contributed by atoms with Gasteiger partial charge in [-0.15, -0.1) is 38.0 Å². The SMILES string of the molecule is Cl.Cl.FC(F)(F)Oc1ccc([C@@H](c2cccc(OCc3ccccc3)c2)N2CCNCC2)cc1. The highest BCUT2D eigenvalue weighted by Gasteiger charge is 2.31. The lowest BCUT2D eigenvalue weighted by molar-refractivity contribution is -0.274. The molecule has 0 saturated carbocycles. The van der Waals surface area contributed by atoms with E-state index in [0.717, 1.165) is 48.6 Å². The van der Waals surface area contributed by atoms with Gasteiger partial charge < -0.3 is 14.8 Å². The Morgan fingerprint density at radius 3 is 2.12 bits per heavy atom. The van der Waals surface area contributed by atoms with Crippen molar-refractivity contribution < 1.29 is 22.6 Å². The van der Waals surface area contributed by atoms with E-state index in [1.807, 2.05) is 54.6 Å². The summed E-state index contributed by atoms with van der Waals surface area (Å²) >= 11 is 0. The van der Waals surface area contributed by atoms with Crippen molar-refractivity contribution in [3.8, 4) is 11.5 Å². The molecule has 0 bridgehead atoms. The highest BCUT2D eigenvalue weighted by Crippen LogP contribution is 2.33. The molecule has 34 heavy (non-hydrogen) atoms. The van der Waals surface area contributed by atoms with Crippen LogP contribution in [0.5, 0.6) is 11.5 Å². The number of benzene rings is 3. The highest BCUT2D eigenvalue weighted by molar-refractivity contribution is 5.85. The molecular weight excluding hydrogens is 488 g/mol. The third-order valence-electron chi connectivity index (χ3n) is 5.37. The fourth-order valence-electron chi connectivity index (χ4n) is 3.92. The van der Waals surface area contributed by atoms with Crippen LogP contribution in [0.1, 0.15) is 22.7 Å². The molecule has 1 fully saturated rings. The quantitative estimate of drug-likeness (QED) is 0.419. The Hall–Kier alpha value is -2.45. The molecule has 1 aliphatic rings. The second-order valence-corrected chi connectivity index (χ2v) is 7.65. The van der Waals surface area contributed by atoms with E-state index in [1.54, 1.807) is 12.1 Å². The summed E-state index contributed by atoms with van der Waals surface area (Å²) in [4.78, 5) is 2.33. The van der Waals surface area contributed by atoms with Crippen molar-refractivity contribution in [2.75, 3.05) is 26.2 Å². The van der Waals surface area contributed by atoms with Gasteiger partial charge >= 0.3 is 6.36 Å². The van der Waals surface area contributed by atoms with E-state index in [4.69, 9.17) is 4.74 Å². The van der Waals surface area contributed by atoms with Crippen molar-refractivity contribution in [1.82, 2.24) is 10.2 Å². The molecule has 0 unspecified atom stereocenters. The highest BCUT2D eigenvalue weighted by atomic mass is 35.5. The minimum Gasteiger partial charge on any atom is -0.489 e. The fraction of sp³-hybridized carbons (Fsp3) is 0.280. The molecule has 0 aliphatic carbocycles. The first-order valence-electron chi connectivity index (χ1n) is 10.6. The summed E-state index contributed by atoms with van der Waals surface area (Å²) in [6, 6.07) is 23.9. The van der Waals surface area contributed by atoms with Gasteiger partial charge in [-0.05, 0) is 41.0 Å². The summed E-state index contributed by atoms with van der Waals surface area (Å²) < 4.78 is 47.7. The summed E-state index contributed by atoms with van der Waals surface area (Å²) in [5, 5.41) is 3.35. The van der Waals surface area contributed by atoms with Crippen molar-refractivity contribution in [3.63, 3.8) is 0 Å². The normalized spacial score (nSPS) is 14.9. The number of ether oxygens (including phenoxy) is 2. The monoisotopic (exact) mass is 514 g/mol. The summed E-state index contributed by atoms with van der Waals surface area (Å²) in [5.41, 5.74) is 3.01. The molecule has 1 N–H and O–H groups in total. The molecule has 0 radical (unpaired) electrons. The van der Waals surface area contributed by atoms with E-state index in [-0.39, 0.29) is 36.6 Å². The molecule has 9 heteroatoms. The molecule has 184 valence electrons. The summed E-state index contributed by atoms with van der Waals surface area (Å²) in [6.45, 7) is 3.85. The predicted octanol–water partition coefficient (Wildman–Crippen LogP) is 6.00. The smallest absolute Gasteiger partial charge is 0.489 e. The number of piperazine rings is 1. The average Bonchev–Trinajstić information content (AvgIpc) is 2.80. The van der Waals surface area contributed by atoms with Crippen molar-refractivity contribution >= 4 is 24.8 Å². The van der Waals surface area contributed by atoms with Gasteiger partial charge in [0, 0.05) is 26.2 Å². The zero-order valence-electron chi connectivity index (χ0n) is 18.3. The lowest BCUT2D eigenvalue weighted by Crippen LogP contribution is -2.45. The molecule has 4 rings (SSSR count). The minimum atomic E-state index is -4.70. The molecule has 0 aromatic heterocycles. The predicted molar refractivity (Wildman–Crippen MR) is 131 cm³/mol. The van der Waals surface area contributed by atoms with Gasteiger partial charge in [0.1, 0.15) is 18.1 Å². The number of alkyl halides is 3. The Labute approximate surface area is 209 Å². The van der Waals surface area contributed by atoms with Crippen LogP contribution in [0.15, 0.2) is 78.9 Å². The second-order valence-electron chi connectivity index (χ2n) is 7.65. The summed E-state index contributed by atoms with van der Waals surface area (Å²) in [6.07, 6.45) is -4.70. The first-order valence-corrected chi connectivity index (χ1v) is 10.6. The third kappa shape index (κ3) is 7.81. The van der Waals surface area contributed by atoms with Gasteiger partial charge in [-0.3, -0.25) is 4.90 Å². The first kappa shape index (κ1) is 27.8. The van der Waals surface area contributed by atoms with E-state index >= 15 is 0 Å². The van der Waals surface area contributed by atoms with Gasteiger partial charge in [-0.25, -0.2) is 0 Å². The Bertz CT molecular complexity index is 999. The molecular formula is C25H27Cl2F3N2O2. The molecule has 3 aromatic rings. The van der Waals surface area contributed by atoms with Gasteiger partial charge in [-0.1, -0.05) is 54.6 Å². The summed E-state index contributed by atoms with van der Waals surface area (Å²) in [5.74, 6) is 0.531. The number of halogens is 5. The number of hydrogen-bond donors (Lipinski definition) is 1. The molecule has 0 amide bonds. The van der Waals surface area contributed by atoms with Crippen LogP contribution >= 0.6 is 24.8 Å². The van der Waals surface area contributed by atoms with E-state index in [1.165, 1.54) is 12.1 Å². The Morgan fingerprint density at radius 1 is 0.794 bits per heavy atom. The molecule has 3 aromatic carbocycles. The van der Waals surface area contributed by atoms with Crippen LogP contribution in [0.2, 0.25) is 0 Å². The Balaban J connectivity index is 0.00000204. The first-order chi connectivity index (χ1) is 15.5. The van der Waals surface area contributed by atoms with E-state index in [2.05, 4.69) is 15.0 Å². The lowest BCUT2D eigenvalue weighted by atomic mass is 9.96. The van der Waals surface area contributed by atoms with Gasteiger partial charge in [0.15, 0.2) is 0 Å². The fourth-order valence-corrected chi connectivity index (χ4v) is 3.92. The maximum Gasteiger partial charge on any atom is 0.573 e. The van der Waals surface area contributed by atoms with Crippen LogP contribution in [0.3, 0.4) is 0 Å². The number of nitrogens with one attached hydrogen (secondary N) is 1. The van der Waals surface area contributed by atoms with E-state index in [0.29, 0.717) is 6.61 Å². The van der Waals surface area contributed by atoms with Crippen molar-refractivity contribution in [3.05, 3.63) is 95.6 Å². The van der Waals surface area contributed by atoms with Gasteiger partial charge in [0.05, 0.1) is 6.04 Å². The maximum absolute atomic E-state index is 12.5. The van der Waals surface area contributed by atoms with Gasteiger partial charge in [0.25, 0.3) is 0 Å². The molecule has 1 heterocycles. The molecule has 1 atom stereocenters. The summed E-state index contributed by atoms with van der Waals surface area (Å²) in [7, 11) is 0. The zero-order chi connectivity index (χ0) is 22.4. The standard InChI is InChI=1S/C25H25F3N2O2.2ClH/c26-25(27,28)32-22-11-9-20(10-12-22)24(30-15-13-29-14-16-30)21-7-4-8-23(17-21)31-18-19-5-2-1-3-6-19;;/h1-12,17,24,29H,13-16,18H2;2*1H/t24-;;/m0../s1. The molecule has 4 nitrogen and oxygen atoms in total. The van der Waals surface area contributed by atoms with Crippen LogP contribution in [0.4, 0.5) is 13.2 Å². The van der Waals surface area contributed by atoms with Crippen molar-refractivity contribution in [1.29, 1.82) is 0 Å². The minimum absolute atomic E-state index is 0. The van der Waals surface area contributed by atoms with Crippen LogP contribution in [-0.2, 0) is 6.61 Å². The largest absolute Gasteiger partial charge is 0.573 e. The van der Waals surface area contributed by atoms with Crippen LogP contribution < -0.4 is 14.8 Å². The van der Waals surface area contributed by atoms with Gasteiger partial charge in [0.2, 0.25) is 0 Å². The zero-order valence-corrected chi connectivity index (χ0v) is 20.0. The van der Waals surface area contributed by atoms with E-state index in [9.17, 15) is 13.2 Å². The average molecular weight is 515 g/mol. The van der Waals surface area contributed by atoms with Crippen molar-refractivity contribution in [2.24, 2.45) is 0 Å².